The minimum atomic E-state index is -1.02. The highest BCUT2D eigenvalue weighted by Gasteiger charge is 2.38. The van der Waals surface area contributed by atoms with Crippen LogP contribution in [0.2, 0.25) is 0 Å². The number of halogens is 2. The second kappa shape index (κ2) is 7.64. The third-order valence-corrected chi connectivity index (χ3v) is 5.10. The fourth-order valence-electron chi connectivity index (χ4n) is 3.30. The molecule has 4 nitrogen and oxygen atoms in total. The third kappa shape index (κ3) is 4.27. The van der Waals surface area contributed by atoms with E-state index in [2.05, 4.69) is 0 Å². The van der Waals surface area contributed by atoms with Gasteiger partial charge in [-0.25, -0.2) is 8.78 Å². The summed E-state index contributed by atoms with van der Waals surface area (Å²) in [5.41, 5.74) is 6.61. The summed E-state index contributed by atoms with van der Waals surface area (Å²) in [5.74, 6) is -2.09. The summed E-state index contributed by atoms with van der Waals surface area (Å²) in [5, 5.41) is 0. The molecule has 0 bridgehead atoms. The van der Waals surface area contributed by atoms with Crippen molar-refractivity contribution in [1.29, 1.82) is 0 Å². The standard InChI is InChI=1S/C21H24F2N2O2/c1-21(2)13-25(11-10-18(21)24)20(26)19(14-6-4-3-5-7-14)27-15-8-9-16(22)17(23)12-15/h3-9,12,18-19H,10-11,13,24H2,1-2H3. The van der Waals surface area contributed by atoms with Gasteiger partial charge in [-0.3, -0.25) is 4.79 Å². The van der Waals surface area contributed by atoms with Crippen LogP contribution in [0.25, 0.3) is 0 Å². The number of benzene rings is 2. The maximum Gasteiger partial charge on any atom is 0.268 e. The van der Waals surface area contributed by atoms with Crippen LogP contribution in [-0.2, 0) is 4.79 Å². The highest BCUT2D eigenvalue weighted by molar-refractivity contribution is 5.83. The molecule has 1 amide bonds. The van der Waals surface area contributed by atoms with Crippen LogP contribution in [-0.4, -0.2) is 29.9 Å². The fourth-order valence-corrected chi connectivity index (χ4v) is 3.30. The molecule has 2 aromatic carbocycles. The van der Waals surface area contributed by atoms with Crippen LogP contribution in [0.3, 0.4) is 0 Å². The van der Waals surface area contributed by atoms with Crippen molar-refractivity contribution in [1.82, 2.24) is 4.90 Å². The second-order valence-corrected chi connectivity index (χ2v) is 7.63. The third-order valence-electron chi connectivity index (χ3n) is 5.10. The Balaban J connectivity index is 1.88. The summed E-state index contributed by atoms with van der Waals surface area (Å²) in [7, 11) is 0. The van der Waals surface area contributed by atoms with Crippen molar-refractivity contribution in [3.8, 4) is 5.75 Å². The summed E-state index contributed by atoms with van der Waals surface area (Å²) < 4.78 is 32.6. The van der Waals surface area contributed by atoms with Crippen LogP contribution in [0.15, 0.2) is 48.5 Å². The molecule has 144 valence electrons. The molecule has 6 heteroatoms. The van der Waals surface area contributed by atoms with Crippen LogP contribution >= 0.6 is 0 Å². The van der Waals surface area contributed by atoms with Crippen molar-refractivity contribution >= 4 is 5.91 Å². The first-order valence-corrected chi connectivity index (χ1v) is 8.99. The lowest BCUT2D eigenvalue weighted by Crippen LogP contribution is -2.55. The van der Waals surface area contributed by atoms with Gasteiger partial charge in [0.25, 0.3) is 5.91 Å². The minimum Gasteiger partial charge on any atom is -0.476 e. The SMILES string of the molecule is CC1(C)CN(C(=O)C(Oc2ccc(F)c(F)c2)c2ccccc2)CCC1N. The number of nitrogens with zero attached hydrogens (tertiary/aromatic N) is 1. The van der Waals surface area contributed by atoms with Crippen molar-refractivity contribution in [2.45, 2.75) is 32.4 Å². The molecule has 27 heavy (non-hydrogen) atoms. The summed E-state index contributed by atoms with van der Waals surface area (Å²) in [6.45, 7) is 5.11. The van der Waals surface area contributed by atoms with Gasteiger partial charge in [0.1, 0.15) is 5.75 Å². The van der Waals surface area contributed by atoms with Crippen molar-refractivity contribution in [3.63, 3.8) is 0 Å². The van der Waals surface area contributed by atoms with Crippen LogP contribution < -0.4 is 10.5 Å². The quantitative estimate of drug-likeness (QED) is 0.888. The lowest BCUT2D eigenvalue weighted by molar-refractivity contribution is -0.142. The number of likely N-dealkylation sites (tertiary alicyclic amines) is 1. The molecule has 2 N–H and O–H groups in total. The molecule has 0 spiro atoms. The Morgan fingerprint density at radius 2 is 1.89 bits per heavy atom. The average Bonchev–Trinajstić information content (AvgIpc) is 2.65. The highest BCUT2D eigenvalue weighted by Crippen LogP contribution is 2.31. The highest BCUT2D eigenvalue weighted by atomic mass is 19.2. The first-order chi connectivity index (χ1) is 12.8. The van der Waals surface area contributed by atoms with Gasteiger partial charge in [-0.15, -0.1) is 0 Å². The van der Waals surface area contributed by atoms with E-state index in [1.807, 2.05) is 19.9 Å². The van der Waals surface area contributed by atoms with Crippen LogP contribution in [0.5, 0.6) is 5.75 Å². The lowest BCUT2D eigenvalue weighted by Gasteiger charge is -2.43. The number of rotatable bonds is 4. The largest absolute Gasteiger partial charge is 0.476 e. The normalized spacial score (nSPS) is 20.2. The van der Waals surface area contributed by atoms with Crippen molar-refractivity contribution in [2.24, 2.45) is 11.1 Å². The Morgan fingerprint density at radius 3 is 2.52 bits per heavy atom. The summed E-state index contributed by atoms with van der Waals surface area (Å²) in [6.07, 6.45) is -0.244. The van der Waals surface area contributed by atoms with E-state index in [-0.39, 0.29) is 23.1 Å². The Hall–Kier alpha value is -2.47. The van der Waals surface area contributed by atoms with E-state index in [9.17, 15) is 13.6 Å². The van der Waals surface area contributed by atoms with E-state index < -0.39 is 17.7 Å². The first-order valence-electron chi connectivity index (χ1n) is 8.99. The molecular weight excluding hydrogens is 350 g/mol. The van der Waals surface area contributed by atoms with E-state index in [4.69, 9.17) is 10.5 Å². The van der Waals surface area contributed by atoms with Gasteiger partial charge in [0.2, 0.25) is 6.10 Å². The van der Waals surface area contributed by atoms with Gasteiger partial charge in [0.15, 0.2) is 11.6 Å². The molecule has 2 aromatic rings. The molecule has 0 aromatic heterocycles. The van der Waals surface area contributed by atoms with Gasteiger partial charge in [0, 0.05) is 30.8 Å². The minimum absolute atomic E-state index is 0.0174. The molecule has 3 rings (SSSR count). The molecule has 2 atom stereocenters. The predicted octanol–water partition coefficient (Wildman–Crippen LogP) is 3.67. The zero-order valence-corrected chi connectivity index (χ0v) is 15.5. The number of carbonyl (C=O) groups excluding carboxylic acids is 1. The molecular formula is C21H24F2N2O2. The van der Waals surface area contributed by atoms with E-state index in [0.29, 0.717) is 25.1 Å². The fraction of sp³-hybridized carbons (Fsp3) is 0.381. The van der Waals surface area contributed by atoms with Gasteiger partial charge >= 0.3 is 0 Å². The van der Waals surface area contributed by atoms with Crippen molar-refractivity contribution in [3.05, 3.63) is 65.7 Å². The topological polar surface area (TPSA) is 55.6 Å². The monoisotopic (exact) mass is 374 g/mol. The summed E-state index contributed by atoms with van der Waals surface area (Å²) >= 11 is 0. The predicted molar refractivity (Wildman–Crippen MR) is 99.1 cm³/mol. The number of ether oxygens (including phenoxy) is 1. The van der Waals surface area contributed by atoms with Crippen molar-refractivity contribution in [2.75, 3.05) is 13.1 Å². The van der Waals surface area contributed by atoms with E-state index in [1.54, 1.807) is 29.2 Å². The number of carbonyl (C=O) groups is 1. The number of piperidine rings is 1. The molecule has 0 saturated carbocycles. The molecule has 1 aliphatic heterocycles. The maximum atomic E-state index is 13.6. The lowest BCUT2D eigenvalue weighted by atomic mass is 9.79. The van der Waals surface area contributed by atoms with Crippen LogP contribution in [0.1, 0.15) is 31.9 Å². The van der Waals surface area contributed by atoms with Gasteiger partial charge in [-0.2, -0.15) is 0 Å². The Labute approximate surface area is 157 Å². The zero-order chi connectivity index (χ0) is 19.6. The number of amides is 1. The average molecular weight is 374 g/mol. The molecule has 1 aliphatic rings. The molecule has 1 heterocycles. The Bertz CT molecular complexity index is 811. The Kier molecular flexibility index (Phi) is 5.46. The summed E-state index contributed by atoms with van der Waals surface area (Å²) in [6, 6.07) is 12.3. The molecule has 1 fully saturated rings. The Morgan fingerprint density at radius 1 is 1.19 bits per heavy atom. The van der Waals surface area contributed by atoms with E-state index in [0.717, 1.165) is 12.1 Å². The molecule has 0 aliphatic carbocycles. The van der Waals surface area contributed by atoms with Crippen LogP contribution in [0.4, 0.5) is 8.78 Å². The van der Waals surface area contributed by atoms with E-state index in [1.165, 1.54) is 6.07 Å². The summed E-state index contributed by atoms with van der Waals surface area (Å²) in [4.78, 5) is 15.0. The van der Waals surface area contributed by atoms with Gasteiger partial charge in [-0.1, -0.05) is 44.2 Å². The zero-order valence-electron chi connectivity index (χ0n) is 15.5. The maximum absolute atomic E-state index is 13.6. The number of nitrogens with two attached hydrogens (primary N) is 1. The number of hydrogen-bond acceptors (Lipinski definition) is 3. The molecule has 0 radical (unpaired) electrons. The van der Waals surface area contributed by atoms with Gasteiger partial charge < -0.3 is 15.4 Å². The molecule has 1 saturated heterocycles. The van der Waals surface area contributed by atoms with Crippen LogP contribution in [0, 0.1) is 17.0 Å². The van der Waals surface area contributed by atoms with E-state index >= 15 is 0 Å². The molecule has 2 unspecified atom stereocenters. The van der Waals surface area contributed by atoms with Gasteiger partial charge in [0.05, 0.1) is 0 Å². The van der Waals surface area contributed by atoms with Crippen molar-refractivity contribution < 1.29 is 18.3 Å². The van der Waals surface area contributed by atoms with Gasteiger partial charge in [-0.05, 0) is 24.0 Å². The smallest absolute Gasteiger partial charge is 0.268 e. The number of hydrogen-bond donors (Lipinski definition) is 1. The second-order valence-electron chi connectivity index (χ2n) is 7.63. The first kappa shape index (κ1) is 19.3.